The number of fused-ring (bicyclic) bond motifs is 8. The van der Waals surface area contributed by atoms with Crippen molar-refractivity contribution in [3.8, 4) is 61.8 Å². The Bertz CT molecular complexity index is 2810. The molecule has 3 aromatic heterocycles. The van der Waals surface area contributed by atoms with Crippen LogP contribution in [0.1, 0.15) is 22.8 Å². The number of rotatable bonds is 10. The normalized spacial score (nSPS) is 11.6. The van der Waals surface area contributed by atoms with E-state index in [4.69, 9.17) is 39.9 Å². The summed E-state index contributed by atoms with van der Waals surface area (Å²) in [5, 5.41) is 3.38. The van der Waals surface area contributed by atoms with Crippen LogP contribution in [0.15, 0.2) is 121 Å². The minimum atomic E-state index is 0. The number of benzene rings is 4. The van der Waals surface area contributed by atoms with Gasteiger partial charge < -0.3 is 35.2 Å². The molecule has 3 N–H and O–H groups in total. The Balaban J connectivity index is 0.00000484. The maximum atomic E-state index is 5.78. The molecule has 0 saturated heterocycles. The van der Waals surface area contributed by atoms with Crippen molar-refractivity contribution >= 4 is 52.1 Å². The summed E-state index contributed by atoms with van der Waals surface area (Å²) >= 11 is 0. The number of hydrogen-bond donors (Lipinski definition) is 2. The van der Waals surface area contributed by atoms with Crippen LogP contribution in [0, 0.1) is 0 Å². The first-order valence-corrected chi connectivity index (χ1v) is 19.1. The molecule has 286 valence electrons. The average molecular weight is 826 g/mol. The zero-order valence-corrected chi connectivity index (χ0v) is 36.0. The van der Waals surface area contributed by atoms with Crippen LogP contribution in [0.4, 0.5) is 5.69 Å². The third kappa shape index (κ3) is 7.68. The standard InChI is InChI=1S/C49H40N6O3.Zn/c1-56-35-14-6-31(7-15-35)47-40-22-20-38(52-40)46(30-4-12-34(13-5-30)51-29-28-50)39-21-23-41(53-39)48(32-8-16-36(57-2)17-9-32)43-25-27-45(55-43)49(44-26-24-42(47)54-44)33-10-18-37(58-3)19-11-33;/h4-27,51H,28-29,50H2,1-3H3;/q-2;+2. The van der Waals surface area contributed by atoms with Gasteiger partial charge in [-0.1, -0.05) is 72.8 Å². The molecule has 59 heavy (non-hydrogen) atoms. The average Bonchev–Trinajstić information content (AvgIpc) is 4.12. The number of nitrogens with zero attached hydrogens (tertiary/aromatic N) is 4. The number of nitrogens with one attached hydrogen (secondary N) is 1. The molecule has 0 spiro atoms. The van der Waals surface area contributed by atoms with Gasteiger partial charge in [-0.3, -0.25) is 0 Å². The number of aromatic nitrogens is 4. The summed E-state index contributed by atoms with van der Waals surface area (Å²) in [5.74, 6) is 2.30. The van der Waals surface area contributed by atoms with E-state index in [2.05, 4.69) is 78.2 Å². The number of hydrogen-bond acceptors (Lipinski definition) is 7. The predicted octanol–water partition coefficient (Wildman–Crippen LogP) is 9.98. The van der Waals surface area contributed by atoms with E-state index >= 15 is 0 Å². The molecule has 0 aliphatic carbocycles. The fourth-order valence-electron chi connectivity index (χ4n) is 7.51. The molecule has 0 unspecified atom stereocenters. The molecule has 9 rings (SSSR count). The fraction of sp³-hybridized carbons (Fsp3) is 0.102. The Labute approximate surface area is 355 Å². The summed E-state index contributed by atoms with van der Waals surface area (Å²) in [5.41, 5.74) is 20.5. The molecule has 9 nitrogen and oxygen atoms in total. The second-order valence-corrected chi connectivity index (χ2v) is 13.8. The first-order chi connectivity index (χ1) is 28.5. The van der Waals surface area contributed by atoms with Crippen molar-refractivity contribution < 1.29 is 33.7 Å². The molecule has 8 bridgehead atoms. The van der Waals surface area contributed by atoms with Crippen molar-refractivity contribution in [3.05, 3.63) is 144 Å². The molecule has 2 aliphatic heterocycles. The molecule has 0 fully saturated rings. The molecule has 0 atom stereocenters. The van der Waals surface area contributed by atoms with Gasteiger partial charge in [0.25, 0.3) is 0 Å². The van der Waals surface area contributed by atoms with Crippen LogP contribution < -0.4 is 35.2 Å². The molecule has 7 aromatic rings. The van der Waals surface area contributed by atoms with Crippen LogP contribution in [0.2, 0.25) is 0 Å². The van der Waals surface area contributed by atoms with Crippen molar-refractivity contribution in [2.24, 2.45) is 5.73 Å². The minimum absolute atomic E-state index is 0. The van der Waals surface area contributed by atoms with E-state index in [1.54, 1.807) is 21.3 Å². The molecule has 0 saturated carbocycles. The smallest absolute Gasteiger partial charge is 0.657 e. The molecular weight excluding hydrogens is 786 g/mol. The van der Waals surface area contributed by atoms with Gasteiger partial charge >= 0.3 is 19.5 Å². The van der Waals surface area contributed by atoms with Gasteiger partial charge in [0.15, 0.2) is 0 Å². The molecule has 0 radical (unpaired) electrons. The van der Waals surface area contributed by atoms with Crippen molar-refractivity contribution in [3.63, 3.8) is 0 Å². The van der Waals surface area contributed by atoms with E-state index in [9.17, 15) is 0 Å². The van der Waals surface area contributed by atoms with Gasteiger partial charge in [-0.15, -0.1) is 22.1 Å². The van der Waals surface area contributed by atoms with Gasteiger partial charge in [-0.25, -0.2) is 9.97 Å². The second-order valence-electron chi connectivity index (χ2n) is 13.8. The van der Waals surface area contributed by atoms with E-state index in [1.165, 1.54) is 0 Å². The van der Waals surface area contributed by atoms with Crippen LogP contribution >= 0.6 is 0 Å². The van der Waals surface area contributed by atoms with E-state index in [0.29, 0.717) is 13.1 Å². The maximum absolute atomic E-state index is 5.78. The zero-order chi connectivity index (χ0) is 39.6. The van der Waals surface area contributed by atoms with Gasteiger partial charge in [-0.05, 0) is 117 Å². The summed E-state index contributed by atoms with van der Waals surface area (Å²) in [6.07, 6.45) is 8.26. The summed E-state index contributed by atoms with van der Waals surface area (Å²) in [6, 6.07) is 40.6. The van der Waals surface area contributed by atoms with E-state index in [-0.39, 0.29) is 19.5 Å². The molecular formula is C49H40N6O3Zn. The van der Waals surface area contributed by atoms with Crippen molar-refractivity contribution in [2.45, 2.75) is 0 Å². The fourth-order valence-corrected chi connectivity index (χ4v) is 7.51. The van der Waals surface area contributed by atoms with Crippen LogP contribution in [-0.4, -0.2) is 44.4 Å². The topological polar surface area (TPSA) is 120 Å². The van der Waals surface area contributed by atoms with Crippen molar-refractivity contribution in [1.82, 2.24) is 19.9 Å². The number of anilines is 1. The van der Waals surface area contributed by atoms with Crippen LogP contribution in [-0.2, 0) is 19.5 Å². The molecule has 10 heteroatoms. The van der Waals surface area contributed by atoms with Gasteiger partial charge in [0.05, 0.1) is 44.1 Å². The van der Waals surface area contributed by atoms with Crippen molar-refractivity contribution in [2.75, 3.05) is 39.7 Å². The summed E-state index contributed by atoms with van der Waals surface area (Å²) in [7, 11) is 5.01. The van der Waals surface area contributed by atoms with Crippen molar-refractivity contribution in [1.29, 1.82) is 0 Å². The van der Waals surface area contributed by atoms with E-state index in [1.807, 2.05) is 72.8 Å². The maximum Gasteiger partial charge on any atom is 2.00 e. The largest absolute Gasteiger partial charge is 2.00 e. The van der Waals surface area contributed by atoms with Crippen LogP contribution in [0.5, 0.6) is 17.2 Å². The first kappa shape index (κ1) is 39.1. The van der Waals surface area contributed by atoms with Gasteiger partial charge in [0, 0.05) is 18.8 Å². The molecule has 0 amide bonds. The van der Waals surface area contributed by atoms with E-state index < -0.39 is 0 Å². The Hall–Kier alpha value is -6.74. The van der Waals surface area contributed by atoms with Gasteiger partial charge in [0.2, 0.25) is 0 Å². The van der Waals surface area contributed by atoms with Gasteiger partial charge in [-0.2, -0.15) is 0 Å². The molecule has 4 aromatic carbocycles. The predicted molar refractivity (Wildman–Crippen MR) is 236 cm³/mol. The summed E-state index contributed by atoms with van der Waals surface area (Å²) in [4.78, 5) is 21.4. The number of nitrogens with two attached hydrogens (primary N) is 1. The zero-order valence-electron chi connectivity index (χ0n) is 33.1. The number of methoxy groups -OCH3 is 3. The Morgan fingerprint density at radius 1 is 0.441 bits per heavy atom. The van der Waals surface area contributed by atoms with Crippen LogP contribution in [0.25, 0.3) is 90.9 Å². The second kappa shape index (κ2) is 17.0. The first-order valence-electron chi connectivity index (χ1n) is 19.1. The monoisotopic (exact) mass is 824 g/mol. The number of ether oxygens (including phenoxy) is 3. The Morgan fingerprint density at radius 2 is 0.729 bits per heavy atom. The molecule has 5 heterocycles. The SMILES string of the molecule is COc1ccc(-c2c3nc(c(-c4ccc(OC)cc4)c4ccc([n-]4)c(-c4ccc(OC)cc4)c4nc(c(-c5ccc(NCCN)cc5)c5ccc2[n-]5)C=C4)C=C3)cc1.[Zn+2]. The Kier molecular flexibility index (Phi) is 11.3. The Morgan fingerprint density at radius 3 is 1.00 bits per heavy atom. The summed E-state index contributed by atoms with van der Waals surface area (Å²) < 4.78 is 16.6. The molecule has 2 aliphatic rings. The van der Waals surface area contributed by atoms with E-state index in [0.717, 1.165) is 112 Å². The van der Waals surface area contributed by atoms with Gasteiger partial charge in [0.1, 0.15) is 17.2 Å². The summed E-state index contributed by atoms with van der Waals surface area (Å²) in [6.45, 7) is 1.22. The third-order valence-electron chi connectivity index (χ3n) is 10.4. The quantitative estimate of drug-likeness (QED) is 0.130. The third-order valence-corrected chi connectivity index (χ3v) is 10.4. The minimum Gasteiger partial charge on any atom is -0.657 e. The van der Waals surface area contributed by atoms with Crippen LogP contribution in [0.3, 0.4) is 0 Å².